The first-order valence-electron chi connectivity index (χ1n) is 8.97. The molecule has 1 saturated heterocycles. The van der Waals surface area contributed by atoms with Crippen molar-refractivity contribution in [2.45, 2.75) is 6.42 Å². The van der Waals surface area contributed by atoms with Crippen LogP contribution < -0.4 is 9.80 Å². The molecule has 1 aliphatic rings. The molecule has 10 heteroatoms. The molecular weight excluding hydrogens is 379 g/mol. The van der Waals surface area contributed by atoms with E-state index in [-0.39, 0.29) is 5.82 Å². The second-order valence-electron chi connectivity index (χ2n) is 6.55. The van der Waals surface area contributed by atoms with Gasteiger partial charge in [-0.2, -0.15) is 9.61 Å². The van der Waals surface area contributed by atoms with Crippen molar-refractivity contribution in [3.63, 3.8) is 0 Å². The van der Waals surface area contributed by atoms with E-state index in [0.717, 1.165) is 53.3 Å². The van der Waals surface area contributed by atoms with Crippen LogP contribution in [-0.4, -0.2) is 56.0 Å². The predicted octanol–water partition coefficient (Wildman–Crippen LogP) is 2.03. The highest BCUT2D eigenvalue weighted by Gasteiger charge is 2.22. The highest BCUT2D eigenvalue weighted by molar-refractivity contribution is 7.15. The Morgan fingerprint density at radius 2 is 1.75 bits per heavy atom. The molecule has 1 fully saturated rings. The number of hydrogen-bond donors (Lipinski definition) is 0. The van der Waals surface area contributed by atoms with E-state index in [1.165, 1.54) is 12.1 Å². The third-order valence-corrected chi connectivity index (χ3v) is 5.75. The normalized spacial score (nSPS) is 14.8. The van der Waals surface area contributed by atoms with Gasteiger partial charge < -0.3 is 9.80 Å². The van der Waals surface area contributed by atoms with E-state index in [0.29, 0.717) is 6.42 Å². The first-order chi connectivity index (χ1) is 13.8. The number of nitrogens with zero attached hydrogens (tertiary/aromatic N) is 8. The van der Waals surface area contributed by atoms with Crippen LogP contribution in [0.25, 0.3) is 5.65 Å². The summed E-state index contributed by atoms with van der Waals surface area (Å²) in [6, 6.07) is 6.52. The van der Waals surface area contributed by atoms with Crippen LogP contribution in [0.4, 0.5) is 15.3 Å². The van der Waals surface area contributed by atoms with Crippen molar-refractivity contribution in [1.82, 2.24) is 29.8 Å². The Kier molecular flexibility index (Phi) is 4.32. The molecule has 5 rings (SSSR count). The number of halogens is 1. The van der Waals surface area contributed by atoms with Crippen LogP contribution in [-0.2, 0) is 6.42 Å². The zero-order valence-corrected chi connectivity index (χ0v) is 15.8. The fraction of sp³-hybridized carbons (Fsp3) is 0.278. The van der Waals surface area contributed by atoms with E-state index in [2.05, 4.69) is 35.1 Å². The minimum absolute atomic E-state index is 0.226. The molecule has 142 valence electrons. The van der Waals surface area contributed by atoms with Crippen LogP contribution in [0.2, 0.25) is 0 Å². The monoisotopic (exact) mass is 396 g/mol. The summed E-state index contributed by atoms with van der Waals surface area (Å²) in [5, 5.41) is 14.8. The van der Waals surface area contributed by atoms with E-state index in [1.54, 1.807) is 36.0 Å². The Hall–Kier alpha value is -3.14. The lowest BCUT2D eigenvalue weighted by Crippen LogP contribution is -2.47. The van der Waals surface area contributed by atoms with Gasteiger partial charge in [0.05, 0.1) is 12.4 Å². The maximum atomic E-state index is 13.0. The average molecular weight is 396 g/mol. The summed E-state index contributed by atoms with van der Waals surface area (Å²) in [7, 11) is 0. The molecule has 0 radical (unpaired) electrons. The highest BCUT2D eigenvalue weighted by atomic mass is 32.1. The number of benzene rings is 1. The van der Waals surface area contributed by atoms with Crippen LogP contribution in [0.1, 0.15) is 10.6 Å². The standard InChI is InChI=1S/C18H17FN8S/c19-14-3-1-13(2-4-14)9-16-23-24-18(28-16)26-7-5-25(6-8-26)17-11-20-10-15-21-12-22-27(15)17/h1-4,10-12H,5-9H2. The Balaban J connectivity index is 1.25. The van der Waals surface area contributed by atoms with E-state index in [1.807, 2.05) is 10.7 Å². The molecule has 1 aromatic carbocycles. The maximum absolute atomic E-state index is 13.0. The van der Waals surface area contributed by atoms with Crippen molar-refractivity contribution in [2.75, 3.05) is 36.0 Å². The highest BCUT2D eigenvalue weighted by Crippen LogP contribution is 2.25. The minimum atomic E-state index is -0.226. The molecule has 1 aliphatic heterocycles. The van der Waals surface area contributed by atoms with Crippen molar-refractivity contribution < 1.29 is 4.39 Å². The second kappa shape index (κ2) is 7.12. The third kappa shape index (κ3) is 3.26. The molecular formula is C18H17FN8S. The van der Waals surface area contributed by atoms with Gasteiger partial charge in [-0.15, -0.1) is 10.2 Å². The van der Waals surface area contributed by atoms with Gasteiger partial charge in [-0.1, -0.05) is 23.5 Å². The van der Waals surface area contributed by atoms with Crippen LogP contribution in [0, 0.1) is 5.82 Å². The van der Waals surface area contributed by atoms with Gasteiger partial charge in [0, 0.05) is 32.6 Å². The molecule has 0 amide bonds. The average Bonchev–Trinajstić information content (AvgIpc) is 3.39. The Morgan fingerprint density at radius 1 is 0.964 bits per heavy atom. The van der Waals surface area contributed by atoms with Gasteiger partial charge in [-0.3, -0.25) is 4.98 Å². The van der Waals surface area contributed by atoms with Gasteiger partial charge in [0.2, 0.25) is 5.13 Å². The van der Waals surface area contributed by atoms with Gasteiger partial charge >= 0.3 is 0 Å². The predicted molar refractivity (Wildman–Crippen MR) is 104 cm³/mol. The molecule has 0 atom stereocenters. The van der Waals surface area contributed by atoms with Crippen molar-refractivity contribution >= 4 is 27.9 Å². The SMILES string of the molecule is Fc1ccc(Cc2nnc(N3CCN(c4cncc5ncnn45)CC3)s2)cc1. The lowest BCUT2D eigenvalue weighted by Gasteiger charge is -2.35. The molecule has 3 aromatic heterocycles. The number of rotatable bonds is 4. The Morgan fingerprint density at radius 3 is 2.57 bits per heavy atom. The van der Waals surface area contributed by atoms with Crippen molar-refractivity contribution in [3.05, 3.63) is 59.4 Å². The summed E-state index contributed by atoms with van der Waals surface area (Å²) >= 11 is 1.59. The molecule has 0 aliphatic carbocycles. The topological polar surface area (TPSA) is 75.3 Å². The zero-order valence-electron chi connectivity index (χ0n) is 14.9. The fourth-order valence-electron chi connectivity index (χ4n) is 3.30. The molecule has 0 spiro atoms. The lowest BCUT2D eigenvalue weighted by molar-refractivity contribution is 0.627. The number of fused-ring (bicyclic) bond motifs is 1. The molecule has 0 N–H and O–H groups in total. The van der Waals surface area contributed by atoms with E-state index >= 15 is 0 Å². The molecule has 0 saturated carbocycles. The van der Waals surface area contributed by atoms with E-state index in [9.17, 15) is 4.39 Å². The molecule has 8 nitrogen and oxygen atoms in total. The summed E-state index contributed by atoms with van der Waals surface area (Å²) in [6.07, 6.45) is 5.73. The number of aromatic nitrogens is 6. The summed E-state index contributed by atoms with van der Waals surface area (Å²) in [6.45, 7) is 3.37. The lowest BCUT2D eigenvalue weighted by atomic mass is 10.2. The summed E-state index contributed by atoms with van der Waals surface area (Å²) in [5.74, 6) is 0.722. The molecule has 0 unspecified atom stereocenters. The van der Waals surface area contributed by atoms with E-state index in [4.69, 9.17) is 0 Å². The van der Waals surface area contributed by atoms with Gasteiger partial charge in [0.25, 0.3) is 0 Å². The van der Waals surface area contributed by atoms with Crippen LogP contribution in [0.5, 0.6) is 0 Å². The van der Waals surface area contributed by atoms with Crippen LogP contribution >= 0.6 is 11.3 Å². The summed E-state index contributed by atoms with van der Waals surface area (Å²) in [5.41, 5.74) is 1.77. The van der Waals surface area contributed by atoms with E-state index < -0.39 is 0 Å². The largest absolute Gasteiger partial charge is 0.352 e. The first kappa shape index (κ1) is 17.0. The number of piperazine rings is 1. The fourth-order valence-corrected chi connectivity index (χ4v) is 4.23. The molecule has 0 bridgehead atoms. The maximum Gasteiger partial charge on any atom is 0.208 e. The minimum Gasteiger partial charge on any atom is -0.352 e. The Bertz CT molecular complexity index is 1080. The number of anilines is 2. The van der Waals surface area contributed by atoms with Crippen molar-refractivity contribution in [2.24, 2.45) is 0 Å². The summed E-state index contributed by atoms with van der Waals surface area (Å²) in [4.78, 5) is 13.0. The zero-order chi connectivity index (χ0) is 18.9. The van der Waals surface area contributed by atoms with Gasteiger partial charge in [-0.25, -0.2) is 9.37 Å². The van der Waals surface area contributed by atoms with Crippen LogP contribution in [0.15, 0.2) is 43.0 Å². The van der Waals surface area contributed by atoms with Crippen molar-refractivity contribution in [3.8, 4) is 0 Å². The van der Waals surface area contributed by atoms with Gasteiger partial charge in [-0.05, 0) is 17.7 Å². The smallest absolute Gasteiger partial charge is 0.208 e. The van der Waals surface area contributed by atoms with Crippen molar-refractivity contribution in [1.29, 1.82) is 0 Å². The molecule has 28 heavy (non-hydrogen) atoms. The quantitative estimate of drug-likeness (QED) is 0.522. The molecule has 4 aromatic rings. The van der Waals surface area contributed by atoms with Gasteiger partial charge in [0.15, 0.2) is 11.5 Å². The number of hydrogen-bond acceptors (Lipinski definition) is 8. The summed E-state index contributed by atoms with van der Waals surface area (Å²) < 4.78 is 14.9. The van der Waals surface area contributed by atoms with Gasteiger partial charge in [0.1, 0.15) is 17.2 Å². The first-order valence-corrected chi connectivity index (χ1v) is 9.78. The molecule has 4 heterocycles. The third-order valence-electron chi connectivity index (χ3n) is 4.77. The Labute approximate surface area is 164 Å². The second-order valence-corrected chi connectivity index (χ2v) is 7.59. The van der Waals surface area contributed by atoms with Crippen LogP contribution in [0.3, 0.4) is 0 Å².